The van der Waals surface area contributed by atoms with Gasteiger partial charge in [-0.2, -0.15) is 11.8 Å². The largest absolute Gasteiger partial charge is 0.478 e. The molecule has 1 aromatic rings. The number of aromatic carboxylic acids is 1. The van der Waals surface area contributed by atoms with Gasteiger partial charge >= 0.3 is 12.0 Å². The van der Waals surface area contributed by atoms with Crippen LogP contribution in [0.1, 0.15) is 17.3 Å². The van der Waals surface area contributed by atoms with E-state index in [-0.39, 0.29) is 11.6 Å². The van der Waals surface area contributed by atoms with Gasteiger partial charge in [-0.05, 0) is 40.4 Å². The van der Waals surface area contributed by atoms with Gasteiger partial charge < -0.3 is 15.7 Å². The number of halogens is 1. The summed E-state index contributed by atoms with van der Waals surface area (Å²) in [5, 5.41) is 14.5. The molecule has 0 saturated carbocycles. The van der Waals surface area contributed by atoms with Gasteiger partial charge in [0.15, 0.2) is 0 Å². The van der Waals surface area contributed by atoms with E-state index >= 15 is 0 Å². The average Bonchev–Trinajstić information content (AvgIpc) is 2.38. The average molecular weight is 347 g/mol. The normalized spacial score (nSPS) is 11.7. The maximum Gasteiger partial charge on any atom is 0.335 e. The second kappa shape index (κ2) is 7.40. The van der Waals surface area contributed by atoms with Gasteiger partial charge in [-0.15, -0.1) is 0 Å². The molecule has 1 rings (SSSR count). The molecule has 5 nitrogen and oxygen atoms in total. The van der Waals surface area contributed by atoms with Crippen LogP contribution in [0.4, 0.5) is 10.5 Å². The van der Waals surface area contributed by atoms with Crippen molar-refractivity contribution in [1.82, 2.24) is 5.32 Å². The highest BCUT2D eigenvalue weighted by atomic mass is 79.9. The molecule has 7 heteroatoms. The number of thioether (sulfide) groups is 1. The number of rotatable bonds is 5. The molecule has 0 saturated heterocycles. The first-order chi connectivity index (χ1) is 8.93. The second-order valence-corrected chi connectivity index (χ2v) is 6.01. The van der Waals surface area contributed by atoms with Crippen LogP contribution in [0.5, 0.6) is 0 Å². The summed E-state index contributed by atoms with van der Waals surface area (Å²) in [4.78, 5) is 22.5. The fourth-order valence-electron chi connectivity index (χ4n) is 1.24. The molecule has 0 aromatic heterocycles. The van der Waals surface area contributed by atoms with E-state index in [1.807, 2.05) is 13.2 Å². The minimum absolute atomic E-state index is 0.121. The Labute approximate surface area is 124 Å². The lowest BCUT2D eigenvalue weighted by Gasteiger charge is -2.12. The first kappa shape index (κ1) is 15.8. The smallest absolute Gasteiger partial charge is 0.335 e. The van der Waals surface area contributed by atoms with Gasteiger partial charge in [-0.25, -0.2) is 9.59 Å². The van der Waals surface area contributed by atoms with Crippen LogP contribution in [-0.4, -0.2) is 35.2 Å². The number of anilines is 1. The van der Waals surface area contributed by atoms with Gasteiger partial charge in [0.1, 0.15) is 0 Å². The van der Waals surface area contributed by atoms with Crippen molar-refractivity contribution < 1.29 is 14.7 Å². The van der Waals surface area contributed by atoms with Crippen molar-refractivity contribution in [2.75, 3.05) is 18.1 Å². The van der Waals surface area contributed by atoms with E-state index in [2.05, 4.69) is 26.6 Å². The zero-order chi connectivity index (χ0) is 14.4. The zero-order valence-corrected chi connectivity index (χ0v) is 13.0. The predicted molar refractivity (Wildman–Crippen MR) is 81.1 cm³/mol. The van der Waals surface area contributed by atoms with E-state index in [9.17, 15) is 9.59 Å². The number of carbonyl (C=O) groups excluding carboxylic acids is 1. The molecule has 0 bridgehead atoms. The number of carboxylic acids is 1. The number of benzene rings is 1. The van der Waals surface area contributed by atoms with E-state index in [0.717, 1.165) is 0 Å². The predicted octanol–water partition coefficient (Wildman–Crippen LogP) is 3.02. The third kappa shape index (κ3) is 5.12. The Morgan fingerprint density at radius 1 is 1.47 bits per heavy atom. The van der Waals surface area contributed by atoms with Crippen LogP contribution in [0.25, 0.3) is 0 Å². The van der Waals surface area contributed by atoms with Crippen LogP contribution in [0.15, 0.2) is 22.7 Å². The summed E-state index contributed by atoms with van der Waals surface area (Å²) in [6.45, 7) is 2.55. The van der Waals surface area contributed by atoms with Crippen molar-refractivity contribution >= 4 is 45.4 Å². The van der Waals surface area contributed by atoms with Crippen molar-refractivity contribution in [3.05, 3.63) is 28.2 Å². The van der Waals surface area contributed by atoms with Gasteiger partial charge in [0.25, 0.3) is 0 Å². The van der Waals surface area contributed by atoms with E-state index in [1.165, 1.54) is 12.1 Å². The van der Waals surface area contributed by atoms with Gasteiger partial charge in [-0.1, -0.05) is 6.92 Å². The molecule has 1 unspecified atom stereocenters. The van der Waals surface area contributed by atoms with Crippen LogP contribution in [0.3, 0.4) is 0 Å². The van der Waals surface area contributed by atoms with Gasteiger partial charge in [-0.3, -0.25) is 0 Å². The van der Waals surface area contributed by atoms with Gasteiger partial charge in [0.2, 0.25) is 0 Å². The van der Waals surface area contributed by atoms with Gasteiger partial charge in [0.05, 0.1) is 11.3 Å². The molecular formula is C12H15BrN2O3S. The molecule has 0 fully saturated rings. The number of urea groups is 1. The monoisotopic (exact) mass is 346 g/mol. The fraction of sp³-hybridized carbons (Fsp3) is 0.333. The Hall–Kier alpha value is -1.21. The summed E-state index contributed by atoms with van der Waals surface area (Å²) < 4.78 is 0.630. The molecule has 3 N–H and O–H groups in total. The molecule has 0 aliphatic heterocycles. The number of amides is 2. The SMILES string of the molecule is CSC(C)CNC(=O)Nc1cc(C(=O)O)ccc1Br. The van der Waals surface area contributed by atoms with Gasteiger partial charge in [0, 0.05) is 16.3 Å². The number of carboxylic acid groups (broad SMARTS) is 1. The van der Waals surface area contributed by atoms with Crippen LogP contribution >= 0.6 is 27.7 Å². The van der Waals surface area contributed by atoms with Crippen molar-refractivity contribution in [3.63, 3.8) is 0 Å². The number of nitrogens with one attached hydrogen (secondary N) is 2. The maximum absolute atomic E-state index is 11.7. The molecule has 0 radical (unpaired) electrons. The highest BCUT2D eigenvalue weighted by Crippen LogP contribution is 2.23. The van der Waals surface area contributed by atoms with Crippen molar-refractivity contribution in [2.24, 2.45) is 0 Å². The second-order valence-electron chi connectivity index (χ2n) is 3.88. The lowest BCUT2D eigenvalue weighted by molar-refractivity contribution is 0.0697. The third-order valence-corrected chi connectivity index (χ3v) is 4.08. The zero-order valence-electron chi connectivity index (χ0n) is 10.6. The molecule has 2 amide bonds. The number of hydrogen-bond acceptors (Lipinski definition) is 3. The fourth-order valence-corrected chi connectivity index (χ4v) is 1.84. The van der Waals surface area contributed by atoms with E-state index < -0.39 is 5.97 Å². The van der Waals surface area contributed by atoms with Crippen molar-refractivity contribution in [1.29, 1.82) is 0 Å². The Bertz CT molecular complexity index is 482. The lowest BCUT2D eigenvalue weighted by Crippen LogP contribution is -2.33. The molecule has 0 aliphatic carbocycles. The third-order valence-electron chi connectivity index (χ3n) is 2.41. The Kier molecular flexibility index (Phi) is 6.17. The molecular weight excluding hydrogens is 332 g/mol. The van der Waals surface area contributed by atoms with E-state index in [4.69, 9.17) is 5.11 Å². The molecule has 104 valence electrons. The summed E-state index contributed by atoms with van der Waals surface area (Å²) in [5.74, 6) is -1.04. The number of hydrogen-bond donors (Lipinski definition) is 3. The minimum Gasteiger partial charge on any atom is -0.478 e. The topological polar surface area (TPSA) is 78.4 Å². The highest BCUT2D eigenvalue weighted by molar-refractivity contribution is 9.10. The summed E-state index contributed by atoms with van der Waals surface area (Å²) in [5.41, 5.74) is 0.546. The summed E-state index contributed by atoms with van der Waals surface area (Å²) in [6, 6.07) is 4.10. The Morgan fingerprint density at radius 3 is 2.74 bits per heavy atom. The van der Waals surface area contributed by atoms with Crippen LogP contribution in [0.2, 0.25) is 0 Å². The molecule has 0 heterocycles. The van der Waals surface area contributed by atoms with E-state index in [0.29, 0.717) is 22.0 Å². The van der Waals surface area contributed by atoms with Crippen LogP contribution in [-0.2, 0) is 0 Å². The lowest BCUT2D eigenvalue weighted by atomic mass is 10.2. The summed E-state index contributed by atoms with van der Waals surface area (Å²) >= 11 is 4.92. The number of carbonyl (C=O) groups is 2. The standard InChI is InChI=1S/C12H15BrN2O3S/c1-7(19-2)6-14-12(18)15-10-5-8(11(16)17)3-4-9(10)13/h3-5,7H,6H2,1-2H3,(H,16,17)(H2,14,15,18). The first-order valence-electron chi connectivity index (χ1n) is 5.54. The molecule has 1 aromatic carbocycles. The quantitative estimate of drug-likeness (QED) is 0.765. The minimum atomic E-state index is -1.04. The highest BCUT2D eigenvalue weighted by Gasteiger charge is 2.10. The molecule has 1 atom stereocenters. The summed E-state index contributed by atoms with van der Waals surface area (Å²) in [6.07, 6.45) is 1.97. The van der Waals surface area contributed by atoms with Crippen LogP contribution < -0.4 is 10.6 Å². The van der Waals surface area contributed by atoms with Crippen molar-refractivity contribution in [3.8, 4) is 0 Å². The van der Waals surface area contributed by atoms with Crippen LogP contribution in [0, 0.1) is 0 Å². The molecule has 0 spiro atoms. The first-order valence-corrected chi connectivity index (χ1v) is 7.62. The molecule has 19 heavy (non-hydrogen) atoms. The van der Waals surface area contributed by atoms with Crippen molar-refractivity contribution in [2.45, 2.75) is 12.2 Å². The Morgan fingerprint density at radius 2 is 2.16 bits per heavy atom. The molecule has 0 aliphatic rings. The maximum atomic E-state index is 11.7. The Balaban J connectivity index is 2.68. The van der Waals surface area contributed by atoms with E-state index in [1.54, 1.807) is 17.8 Å². The summed E-state index contributed by atoms with van der Waals surface area (Å²) in [7, 11) is 0.